The van der Waals surface area contributed by atoms with E-state index >= 15 is 0 Å². The highest BCUT2D eigenvalue weighted by atomic mass is 35.5. The topological polar surface area (TPSA) is 52.5 Å². The van der Waals surface area contributed by atoms with Crippen LogP contribution >= 0.6 is 11.6 Å². The lowest BCUT2D eigenvalue weighted by atomic mass is 10.3. The zero-order valence-electron chi connectivity index (χ0n) is 7.37. The van der Waals surface area contributed by atoms with Crippen molar-refractivity contribution in [1.29, 1.82) is 0 Å². The van der Waals surface area contributed by atoms with Gasteiger partial charge in [-0.3, -0.25) is 0 Å². The molecule has 0 aliphatic heterocycles. The van der Waals surface area contributed by atoms with Gasteiger partial charge >= 0.3 is 0 Å². The lowest BCUT2D eigenvalue weighted by molar-refractivity contribution is 0.105. The molecule has 1 aromatic carbocycles. The van der Waals surface area contributed by atoms with Crippen molar-refractivity contribution in [3.05, 3.63) is 29.0 Å². The second kappa shape index (κ2) is 5.14. The molecule has 3 nitrogen and oxygen atoms in total. The molecule has 0 bridgehead atoms. The highest BCUT2D eigenvalue weighted by molar-refractivity contribution is 6.31. The van der Waals surface area contributed by atoms with Gasteiger partial charge in [-0.05, 0) is 18.2 Å². The molecule has 1 aromatic rings. The third kappa shape index (κ3) is 3.14. The van der Waals surface area contributed by atoms with Crippen molar-refractivity contribution in [3.8, 4) is 0 Å². The Morgan fingerprint density at radius 1 is 1.50 bits per heavy atom. The highest BCUT2D eigenvalue weighted by Gasteiger charge is 2.03. The Morgan fingerprint density at radius 3 is 2.79 bits per heavy atom. The summed E-state index contributed by atoms with van der Waals surface area (Å²) in [6.45, 7) is -0.125. The standard InChI is InChI=1S/C9H11ClFNO2/c10-8-3-6(1-2-9(8)11)12-4-7(14)5-13/h1-3,7,12-14H,4-5H2. The maximum Gasteiger partial charge on any atom is 0.141 e. The summed E-state index contributed by atoms with van der Waals surface area (Å²) in [5.74, 6) is -0.486. The Labute approximate surface area is 86.1 Å². The van der Waals surface area contributed by atoms with Crippen LogP contribution in [0.5, 0.6) is 0 Å². The second-order valence-corrected chi connectivity index (χ2v) is 3.25. The first-order chi connectivity index (χ1) is 6.63. The first kappa shape index (κ1) is 11.2. The van der Waals surface area contributed by atoms with E-state index in [-0.39, 0.29) is 18.2 Å². The average Bonchev–Trinajstić information content (AvgIpc) is 2.19. The molecule has 0 amide bonds. The molecule has 5 heteroatoms. The van der Waals surface area contributed by atoms with Gasteiger partial charge in [0.2, 0.25) is 0 Å². The third-order valence-corrected chi connectivity index (χ3v) is 1.96. The van der Waals surface area contributed by atoms with Gasteiger partial charge in [-0.1, -0.05) is 11.6 Å². The number of rotatable bonds is 4. The molecule has 0 fully saturated rings. The maximum atomic E-state index is 12.7. The predicted molar refractivity (Wildman–Crippen MR) is 53.0 cm³/mol. The van der Waals surface area contributed by atoms with E-state index in [1.165, 1.54) is 18.2 Å². The largest absolute Gasteiger partial charge is 0.394 e. The summed E-state index contributed by atoms with van der Waals surface area (Å²) in [6.07, 6.45) is -0.834. The van der Waals surface area contributed by atoms with Crippen molar-refractivity contribution >= 4 is 17.3 Å². The zero-order chi connectivity index (χ0) is 10.6. The van der Waals surface area contributed by atoms with Crippen molar-refractivity contribution in [2.75, 3.05) is 18.5 Å². The number of benzene rings is 1. The van der Waals surface area contributed by atoms with Gasteiger partial charge in [-0.25, -0.2) is 4.39 Å². The van der Waals surface area contributed by atoms with Crippen LogP contribution in [0.15, 0.2) is 18.2 Å². The maximum absolute atomic E-state index is 12.7. The lowest BCUT2D eigenvalue weighted by Gasteiger charge is -2.10. The SMILES string of the molecule is OCC(O)CNc1ccc(F)c(Cl)c1. The first-order valence-corrected chi connectivity index (χ1v) is 4.49. The fraction of sp³-hybridized carbons (Fsp3) is 0.333. The Kier molecular flexibility index (Phi) is 4.13. The minimum Gasteiger partial charge on any atom is -0.394 e. The molecule has 1 atom stereocenters. The Bertz CT molecular complexity index is 309. The van der Waals surface area contributed by atoms with E-state index in [0.717, 1.165) is 0 Å². The zero-order valence-corrected chi connectivity index (χ0v) is 8.13. The summed E-state index contributed by atoms with van der Waals surface area (Å²) < 4.78 is 12.7. The van der Waals surface area contributed by atoms with E-state index in [1.807, 2.05) is 0 Å². The van der Waals surface area contributed by atoms with Crippen LogP contribution in [0.3, 0.4) is 0 Å². The number of aliphatic hydroxyl groups excluding tert-OH is 2. The number of halogens is 2. The molecule has 14 heavy (non-hydrogen) atoms. The quantitative estimate of drug-likeness (QED) is 0.714. The number of anilines is 1. The van der Waals surface area contributed by atoms with Crippen LogP contribution < -0.4 is 5.32 Å². The van der Waals surface area contributed by atoms with Crippen LogP contribution in [0.25, 0.3) is 0 Å². The molecule has 3 N–H and O–H groups in total. The van der Waals surface area contributed by atoms with E-state index in [4.69, 9.17) is 21.8 Å². The van der Waals surface area contributed by atoms with Gasteiger partial charge in [0.25, 0.3) is 0 Å². The minimum absolute atomic E-state index is 0.0217. The lowest BCUT2D eigenvalue weighted by Crippen LogP contribution is -2.22. The van der Waals surface area contributed by atoms with Gasteiger partial charge in [-0.2, -0.15) is 0 Å². The number of hydrogen-bond acceptors (Lipinski definition) is 3. The van der Waals surface area contributed by atoms with Crippen molar-refractivity contribution in [2.45, 2.75) is 6.10 Å². The molecule has 0 saturated heterocycles. The van der Waals surface area contributed by atoms with Crippen LogP contribution in [0, 0.1) is 5.82 Å². The van der Waals surface area contributed by atoms with E-state index in [0.29, 0.717) is 5.69 Å². The Hall–Kier alpha value is -0.840. The molecule has 0 aliphatic carbocycles. The van der Waals surface area contributed by atoms with Crippen LogP contribution in [-0.4, -0.2) is 29.5 Å². The van der Waals surface area contributed by atoms with Gasteiger partial charge in [0, 0.05) is 12.2 Å². The van der Waals surface area contributed by atoms with Crippen molar-refractivity contribution < 1.29 is 14.6 Å². The van der Waals surface area contributed by atoms with E-state index < -0.39 is 11.9 Å². The molecule has 0 radical (unpaired) electrons. The van der Waals surface area contributed by atoms with Gasteiger partial charge in [0.15, 0.2) is 0 Å². The van der Waals surface area contributed by atoms with Gasteiger partial charge in [0.05, 0.1) is 17.7 Å². The molecule has 0 aliphatic rings. The summed E-state index contributed by atoms with van der Waals surface area (Å²) in [6, 6.07) is 4.16. The summed E-state index contributed by atoms with van der Waals surface area (Å²) >= 11 is 5.54. The molecule has 0 spiro atoms. The third-order valence-electron chi connectivity index (χ3n) is 1.67. The predicted octanol–water partition coefficient (Wildman–Crippen LogP) is 1.24. The summed E-state index contributed by atoms with van der Waals surface area (Å²) in [5, 5.41) is 20.4. The Balaban J connectivity index is 2.55. The molecule has 0 saturated carbocycles. The minimum atomic E-state index is -0.834. The van der Waals surface area contributed by atoms with E-state index in [1.54, 1.807) is 0 Å². The molecule has 1 unspecified atom stereocenters. The molecular formula is C9H11ClFNO2. The summed E-state index contributed by atoms with van der Waals surface area (Å²) in [7, 11) is 0. The normalized spacial score (nSPS) is 12.6. The van der Waals surface area contributed by atoms with Crippen molar-refractivity contribution in [2.24, 2.45) is 0 Å². The molecule has 1 rings (SSSR count). The molecular weight excluding hydrogens is 209 g/mol. The highest BCUT2D eigenvalue weighted by Crippen LogP contribution is 2.19. The summed E-state index contributed by atoms with van der Waals surface area (Å²) in [5.41, 5.74) is 0.601. The number of nitrogens with one attached hydrogen (secondary N) is 1. The fourth-order valence-corrected chi connectivity index (χ4v) is 1.09. The van der Waals surface area contributed by atoms with Crippen LogP contribution in [0.2, 0.25) is 5.02 Å². The summed E-state index contributed by atoms with van der Waals surface area (Å²) in [4.78, 5) is 0. The van der Waals surface area contributed by atoms with Gasteiger partial charge in [0.1, 0.15) is 5.82 Å². The molecule has 0 aromatic heterocycles. The number of hydrogen-bond donors (Lipinski definition) is 3. The number of aliphatic hydroxyl groups is 2. The monoisotopic (exact) mass is 219 g/mol. The van der Waals surface area contributed by atoms with Gasteiger partial charge in [-0.15, -0.1) is 0 Å². The van der Waals surface area contributed by atoms with Crippen LogP contribution in [0.4, 0.5) is 10.1 Å². The molecule has 78 valence electrons. The Morgan fingerprint density at radius 2 is 2.21 bits per heavy atom. The molecule has 0 heterocycles. The van der Waals surface area contributed by atoms with Crippen LogP contribution in [0.1, 0.15) is 0 Å². The second-order valence-electron chi connectivity index (χ2n) is 2.85. The van der Waals surface area contributed by atoms with E-state index in [9.17, 15) is 4.39 Å². The van der Waals surface area contributed by atoms with Crippen LogP contribution in [-0.2, 0) is 0 Å². The first-order valence-electron chi connectivity index (χ1n) is 4.11. The smallest absolute Gasteiger partial charge is 0.141 e. The van der Waals surface area contributed by atoms with E-state index in [2.05, 4.69) is 5.32 Å². The van der Waals surface area contributed by atoms with Crippen molar-refractivity contribution in [1.82, 2.24) is 0 Å². The van der Waals surface area contributed by atoms with Crippen molar-refractivity contribution in [3.63, 3.8) is 0 Å². The average molecular weight is 220 g/mol. The fourth-order valence-electron chi connectivity index (χ4n) is 0.906. The van der Waals surface area contributed by atoms with Gasteiger partial charge < -0.3 is 15.5 Å².